The van der Waals surface area contributed by atoms with Gasteiger partial charge in [0, 0.05) is 31.5 Å². The molecular weight excluding hydrogens is 576 g/mol. The number of ether oxygens (including phenoxy) is 1. The van der Waals surface area contributed by atoms with Gasteiger partial charge in [-0.05, 0) is 94.9 Å². The van der Waals surface area contributed by atoms with E-state index in [9.17, 15) is 20.4 Å². The first kappa shape index (κ1) is 33.8. The molecule has 0 unspecified atom stereocenters. The number of hydrogen-bond acceptors (Lipinski definition) is 6. The van der Waals surface area contributed by atoms with Gasteiger partial charge in [-0.2, -0.15) is 0 Å². The van der Waals surface area contributed by atoms with E-state index in [2.05, 4.69) is 4.74 Å². The van der Waals surface area contributed by atoms with Crippen LogP contribution in [0.3, 0.4) is 0 Å². The van der Waals surface area contributed by atoms with Crippen LogP contribution in [-0.2, 0) is 10.2 Å². The summed E-state index contributed by atoms with van der Waals surface area (Å²) >= 11 is 0. The van der Waals surface area contributed by atoms with Crippen LogP contribution in [0.15, 0.2) is 115 Å². The third kappa shape index (κ3) is 7.09. The quantitative estimate of drug-likeness (QED) is 0.119. The summed E-state index contributed by atoms with van der Waals surface area (Å²) < 4.78 is 4.54. The fourth-order valence-corrected chi connectivity index (χ4v) is 5.68. The molecule has 0 atom stereocenters. The topological polar surface area (TPSA) is 110 Å². The molecule has 0 aromatic heterocycles. The Morgan fingerprint density at radius 1 is 0.587 bits per heavy atom. The van der Waals surface area contributed by atoms with E-state index in [0.717, 1.165) is 40.5 Å². The van der Waals surface area contributed by atoms with E-state index in [-0.39, 0.29) is 23.0 Å². The molecule has 5 N–H and O–H groups in total. The van der Waals surface area contributed by atoms with Gasteiger partial charge < -0.3 is 30.3 Å². The summed E-state index contributed by atoms with van der Waals surface area (Å²) in [6.07, 6.45) is 0.875. The van der Waals surface area contributed by atoms with Crippen molar-refractivity contribution >= 4 is 21.5 Å². The van der Waals surface area contributed by atoms with Crippen molar-refractivity contribution in [1.82, 2.24) is 0 Å². The van der Waals surface area contributed by atoms with E-state index in [1.54, 1.807) is 67.8 Å². The minimum Gasteiger partial charge on any atom is -0.508 e. The largest absolute Gasteiger partial charge is 0.508 e. The highest BCUT2D eigenvalue weighted by atomic mass is 16.5. The molecule has 6 rings (SSSR count). The van der Waals surface area contributed by atoms with E-state index in [1.165, 1.54) is 0 Å². The normalized spacial score (nSPS) is 11.0. The lowest BCUT2D eigenvalue weighted by atomic mass is 9.67. The molecule has 46 heavy (non-hydrogen) atoms. The molecule has 6 aromatic carbocycles. The molecule has 0 saturated heterocycles. The van der Waals surface area contributed by atoms with Gasteiger partial charge in [-0.1, -0.05) is 85.8 Å². The van der Waals surface area contributed by atoms with Gasteiger partial charge >= 0.3 is 0 Å². The fraction of sp³-hybridized carbons (Fsp3) is 0.200. The van der Waals surface area contributed by atoms with Crippen LogP contribution in [0.4, 0.5) is 0 Å². The summed E-state index contributed by atoms with van der Waals surface area (Å²) in [6, 6.07) is 35.2. The lowest BCUT2D eigenvalue weighted by Crippen LogP contribution is -2.26. The first-order valence-corrected chi connectivity index (χ1v) is 15.4. The Labute approximate surface area is 270 Å². The lowest BCUT2D eigenvalue weighted by Gasteiger charge is -2.35. The minimum absolute atomic E-state index is 0.0364. The standard InChI is InChI=1S/C34H26O4.2C3H8O/c1-34(25-13-7-22(8-14-25)21-5-3-2-4-6-21,32-28-19-26(35)15-9-23(28)11-17-30(32)37)33-29-20-27(36)16-10-24(29)12-18-31(33)38;1-3-4-2;1-2-3-4/h2-20,35-38H,1H3;3H2,1-2H3;4H,2-3H2,1H3. The van der Waals surface area contributed by atoms with Gasteiger partial charge in [0.05, 0.1) is 5.41 Å². The SMILES string of the molecule is CC(c1ccc(-c2ccccc2)cc1)(c1c(O)ccc2ccc(O)cc12)c1c(O)ccc2ccc(O)cc12.CCCO.CCOC. The highest BCUT2D eigenvalue weighted by Gasteiger charge is 2.39. The molecule has 6 heteroatoms. The molecule has 0 radical (unpaired) electrons. The molecule has 6 nitrogen and oxygen atoms in total. The average molecular weight is 619 g/mol. The van der Waals surface area contributed by atoms with Crippen LogP contribution in [0, 0.1) is 0 Å². The summed E-state index contributed by atoms with van der Waals surface area (Å²) in [5, 5.41) is 54.5. The van der Waals surface area contributed by atoms with Crippen molar-refractivity contribution in [2.75, 3.05) is 20.3 Å². The Morgan fingerprint density at radius 3 is 1.41 bits per heavy atom. The Balaban J connectivity index is 0.000000541. The van der Waals surface area contributed by atoms with Gasteiger partial charge in [0.25, 0.3) is 0 Å². The zero-order valence-corrected chi connectivity index (χ0v) is 26.7. The van der Waals surface area contributed by atoms with Crippen LogP contribution in [-0.4, -0.2) is 45.9 Å². The molecule has 0 saturated carbocycles. The maximum atomic E-state index is 11.4. The smallest absolute Gasteiger partial charge is 0.120 e. The maximum absolute atomic E-state index is 11.4. The van der Waals surface area contributed by atoms with Crippen molar-refractivity contribution < 1.29 is 30.3 Å². The van der Waals surface area contributed by atoms with Crippen molar-refractivity contribution in [3.05, 3.63) is 132 Å². The molecule has 0 aliphatic carbocycles. The Hall–Kier alpha value is -5.04. The van der Waals surface area contributed by atoms with Gasteiger partial charge in [-0.25, -0.2) is 0 Å². The Bertz CT molecular complexity index is 1770. The predicted molar refractivity (Wildman–Crippen MR) is 187 cm³/mol. The number of phenolic OH excluding ortho intramolecular Hbond substituents is 4. The second-order valence-electron chi connectivity index (χ2n) is 11.1. The van der Waals surface area contributed by atoms with Crippen LogP contribution in [0.1, 0.15) is 43.9 Å². The number of aliphatic hydroxyl groups excluding tert-OH is 1. The van der Waals surface area contributed by atoms with Crippen molar-refractivity contribution in [2.24, 2.45) is 0 Å². The van der Waals surface area contributed by atoms with Crippen molar-refractivity contribution in [3.63, 3.8) is 0 Å². The van der Waals surface area contributed by atoms with E-state index >= 15 is 0 Å². The van der Waals surface area contributed by atoms with E-state index in [4.69, 9.17) is 5.11 Å². The number of phenols is 4. The van der Waals surface area contributed by atoms with E-state index < -0.39 is 5.41 Å². The second-order valence-corrected chi connectivity index (χ2v) is 11.1. The summed E-state index contributed by atoms with van der Waals surface area (Å²) in [6.45, 7) is 6.99. The van der Waals surface area contributed by atoms with Gasteiger partial charge in [0.2, 0.25) is 0 Å². The summed E-state index contributed by atoms with van der Waals surface area (Å²) in [5.41, 5.74) is 2.96. The summed E-state index contributed by atoms with van der Waals surface area (Å²) in [5.74, 6) is 0.223. The molecule has 0 amide bonds. The van der Waals surface area contributed by atoms with Crippen LogP contribution < -0.4 is 0 Å². The number of aromatic hydroxyl groups is 4. The number of benzene rings is 6. The number of methoxy groups -OCH3 is 1. The molecule has 0 spiro atoms. The van der Waals surface area contributed by atoms with Crippen LogP contribution >= 0.6 is 0 Å². The van der Waals surface area contributed by atoms with Crippen LogP contribution in [0.25, 0.3) is 32.7 Å². The van der Waals surface area contributed by atoms with Crippen LogP contribution in [0.2, 0.25) is 0 Å². The first-order valence-electron chi connectivity index (χ1n) is 15.4. The Morgan fingerprint density at radius 2 is 1.00 bits per heavy atom. The van der Waals surface area contributed by atoms with Gasteiger partial charge in [-0.15, -0.1) is 0 Å². The van der Waals surface area contributed by atoms with Gasteiger partial charge in [-0.3, -0.25) is 0 Å². The third-order valence-corrected chi connectivity index (χ3v) is 8.05. The molecule has 0 heterocycles. The molecule has 0 aliphatic heterocycles. The maximum Gasteiger partial charge on any atom is 0.120 e. The van der Waals surface area contributed by atoms with Crippen molar-refractivity contribution in [2.45, 2.75) is 32.6 Å². The number of hydrogen-bond donors (Lipinski definition) is 5. The fourth-order valence-electron chi connectivity index (χ4n) is 5.68. The minimum atomic E-state index is -1.08. The van der Waals surface area contributed by atoms with Crippen molar-refractivity contribution in [3.8, 4) is 34.1 Å². The van der Waals surface area contributed by atoms with E-state index in [1.807, 2.05) is 75.4 Å². The zero-order chi connectivity index (χ0) is 33.3. The molecule has 0 bridgehead atoms. The predicted octanol–water partition coefficient (Wildman–Crippen LogP) is 8.88. The summed E-state index contributed by atoms with van der Waals surface area (Å²) in [4.78, 5) is 0. The lowest BCUT2D eigenvalue weighted by molar-refractivity contribution is 0.215. The van der Waals surface area contributed by atoms with Gasteiger partial charge in [0.15, 0.2) is 0 Å². The zero-order valence-electron chi connectivity index (χ0n) is 26.7. The molecule has 0 fully saturated rings. The molecule has 6 aromatic rings. The third-order valence-electron chi connectivity index (χ3n) is 8.05. The second kappa shape index (κ2) is 15.3. The van der Waals surface area contributed by atoms with Gasteiger partial charge in [0.1, 0.15) is 23.0 Å². The average Bonchev–Trinajstić information content (AvgIpc) is 3.08. The number of rotatable bonds is 6. The molecule has 238 valence electrons. The first-order chi connectivity index (χ1) is 22.2. The monoisotopic (exact) mass is 618 g/mol. The highest BCUT2D eigenvalue weighted by molar-refractivity contribution is 5.96. The molecule has 0 aliphatic rings. The molecular formula is C40H42O6. The number of aliphatic hydroxyl groups is 1. The van der Waals surface area contributed by atoms with E-state index in [0.29, 0.717) is 28.5 Å². The van der Waals surface area contributed by atoms with Crippen LogP contribution in [0.5, 0.6) is 23.0 Å². The highest BCUT2D eigenvalue weighted by Crippen LogP contribution is 2.51. The Kier molecular flexibility index (Phi) is 11.3. The number of fused-ring (bicyclic) bond motifs is 2. The summed E-state index contributed by atoms with van der Waals surface area (Å²) in [7, 11) is 1.68. The van der Waals surface area contributed by atoms with Crippen molar-refractivity contribution in [1.29, 1.82) is 0 Å².